The molecule has 0 saturated heterocycles. The summed E-state index contributed by atoms with van der Waals surface area (Å²) in [6, 6.07) is 11.2. The van der Waals surface area contributed by atoms with Gasteiger partial charge in [-0.05, 0) is 35.9 Å². The van der Waals surface area contributed by atoms with Crippen LogP contribution in [-0.4, -0.2) is 24.2 Å². The first-order valence-electron chi connectivity index (χ1n) is 7.33. The molecule has 0 unspecified atom stereocenters. The molecular formula is C17H12ClN3O4S. The lowest BCUT2D eigenvalue weighted by Crippen LogP contribution is -2.16. The van der Waals surface area contributed by atoms with Crippen molar-refractivity contribution in [2.45, 2.75) is 0 Å². The Morgan fingerprint density at radius 2 is 2.12 bits per heavy atom. The Bertz CT molecular complexity index is 1030. The summed E-state index contributed by atoms with van der Waals surface area (Å²) in [5.41, 5.74) is 3.11. The number of non-ortho nitro benzene ring substituents is 1. The van der Waals surface area contributed by atoms with Crippen LogP contribution in [0.1, 0.15) is 15.2 Å². The highest BCUT2D eigenvalue weighted by Crippen LogP contribution is 2.29. The van der Waals surface area contributed by atoms with Gasteiger partial charge in [-0.15, -0.1) is 11.3 Å². The summed E-state index contributed by atoms with van der Waals surface area (Å²) < 4.78 is 5.85. The lowest BCUT2D eigenvalue weighted by atomic mass is 10.2. The number of carbonyl (C=O) groups excluding carboxylic acids is 1. The molecule has 26 heavy (non-hydrogen) atoms. The van der Waals surface area contributed by atoms with Gasteiger partial charge in [-0.1, -0.05) is 11.6 Å². The van der Waals surface area contributed by atoms with E-state index in [1.54, 1.807) is 30.3 Å². The average Bonchev–Trinajstić information content (AvgIpc) is 3.05. The number of halogens is 1. The van der Waals surface area contributed by atoms with E-state index in [2.05, 4.69) is 10.5 Å². The van der Waals surface area contributed by atoms with Crippen LogP contribution in [0.2, 0.25) is 5.02 Å². The zero-order valence-electron chi connectivity index (χ0n) is 13.4. The van der Waals surface area contributed by atoms with Crippen LogP contribution in [0.15, 0.2) is 47.6 Å². The summed E-state index contributed by atoms with van der Waals surface area (Å²) >= 11 is 7.26. The van der Waals surface area contributed by atoms with Gasteiger partial charge < -0.3 is 4.74 Å². The van der Waals surface area contributed by atoms with E-state index in [0.29, 0.717) is 26.6 Å². The number of fused-ring (bicyclic) bond motifs is 1. The molecule has 0 atom stereocenters. The number of rotatable bonds is 5. The van der Waals surface area contributed by atoms with Crippen molar-refractivity contribution in [2.75, 3.05) is 7.11 Å². The third-order valence-electron chi connectivity index (χ3n) is 3.49. The molecule has 2 aromatic carbocycles. The molecule has 3 rings (SSSR count). The van der Waals surface area contributed by atoms with Gasteiger partial charge in [0.15, 0.2) is 0 Å². The molecule has 1 heterocycles. The Kier molecular flexibility index (Phi) is 5.15. The summed E-state index contributed by atoms with van der Waals surface area (Å²) in [5, 5.41) is 15.8. The van der Waals surface area contributed by atoms with E-state index in [4.69, 9.17) is 16.3 Å². The van der Waals surface area contributed by atoms with Crippen LogP contribution in [0.4, 0.5) is 5.69 Å². The van der Waals surface area contributed by atoms with Crippen LogP contribution in [0, 0.1) is 10.1 Å². The van der Waals surface area contributed by atoms with Crippen molar-refractivity contribution < 1.29 is 14.5 Å². The van der Waals surface area contributed by atoms with E-state index in [9.17, 15) is 14.9 Å². The number of amides is 1. The van der Waals surface area contributed by atoms with Crippen molar-refractivity contribution >= 4 is 50.8 Å². The van der Waals surface area contributed by atoms with Gasteiger partial charge in [0.05, 0.1) is 28.1 Å². The number of nitro benzene ring substituents is 1. The van der Waals surface area contributed by atoms with E-state index in [1.807, 2.05) is 0 Å². The number of hydrazone groups is 1. The van der Waals surface area contributed by atoms with Crippen molar-refractivity contribution in [3.8, 4) is 5.75 Å². The number of ether oxygens (including phenoxy) is 1. The Labute approximate surface area is 157 Å². The number of benzene rings is 2. The summed E-state index contributed by atoms with van der Waals surface area (Å²) in [6.07, 6.45) is 1.46. The maximum atomic E-state index is 12.2. The number of thiophene rings is 1. The van der Waals surface area contributed by atoms with E-state index >= 15 is 0 Å². The standard InChI is InChI=1S/C17H12ClN3O4S/c1-25-14-4-2-10(6-13(14)18)9-19-20-17(22)16-8-11-7-12(21(23)24)3-5-15(11)26-16/h2-9H,1H3,(H,20,22). The quantitative estimate of drug-likeness (QED) is 0.401. The maximum absolute atomic E-state index is 12.2. The molecule has 3 aromatic rings. The minimum Gasteiger partial charge on any atom is -0.495 e. The fraction of sp³-hybridized carbons (Fsp3) is 0.0588. The van der Waals surface area contributed by atoms with E-state index in [-0.39, 0.29) is 5.69 Å². The third-order valence-corrected chi connectivity index (χ3v) is 4.90. The molecule has 0 bridgehead atoms. The van der Waals surface area contributed by atoms with Crippen LogP contribution in [0.3, 0.4) is 0 Å². The first-order chi connectivity index (χ1) is 12.5. The van der Waals surface area contributed by atoms with Gasteiger partial charge in [0, 0.05) is 22.2 Å². The highest BCUT2D eigenvalue weighted by atomic mass is 35.5. The molecule has 0 radical (unpaired) electrons. The zero-order valence-corrected chi connectivity index (χ0v) is 15.0. The van der Waals surface area contributed by atoms with Gasteiger partial charge in [0.1, 0.15) is 5.75 Å². The number of methoxy groups -OCH3 is 1. The number of carbonyl (C=O) groups is 1. The van der Waals surface area contributed by atoms with E-state index in [0.717, 1.165) is 4.70 Å². The molecule has 0 aliphatic carbocycles. The number of nitro groups is 1. The van der Waals surface area contributed by atoms with Crippen molar-refractivity contribution in [2.24, 2.45) is 5.10 Å². The minimum absolute atomic E-state index is 0.0170. The third kappa shape index (κ3) is 3.81. The number of hydrogen-bond donors (Lipinski definition) is 1. The lowest BCUT2D eigenvalue weighted by molar-refractivity contribution is -0.384. The molecule has 1 amide bonds. The second-order valence-electron chi connectivity index (χ2n) is 5.18. The van der Waals surface area contributed by atoms with Gasteiger partial charge in [0.25, 0.3) is 11.6 Å². The Morgan fingerprint density at radius 1 is 1.31 bits per heavy atom. The summed E-state index contributed by atoms with van der Waals surface area (Å²) in [7, 11) is 1.52. The monoisotopic (exact) mass is 389 g/mol. The van der Waals surface area contributed by atoms with Crippen molar-refractivity contribution in [1.29, 1.82) is 0 Å². The largest absolute Gasteiger partial charge is 0.495 e. The average molecular weight is 390 g/mol. The number of nitrogens with one attached hydrogen (secondary N) is 1. The highest BCUT2D eigenvalue weighted by Gasteiger charge is 2.13. The molecule has 9 heteroatoms. The van der Waals surface area contributed by atoms with Crippen molar-refractivity contribution in [3.63, 3.8) is 0 Å². The summed E-state index contributed by atoms with van der Waals surface area (Å²) in [6.45, 7) is 0. The van der Waals surface area contributed by atoms with Crippen LogP contribution in [-0.2, 0) is 0 Å². The molecule has 0 aliphatic rings. The minimum atomic E-state index is -0.471. The lowest BCUT2D eigenvalue weighted by Gasteiger charge is -2.02. The molecule has 0 fully saturated rings. The fourth-order valence-corrected chi connectivity index (χ4v) is 3.44. The second-order valence-corrected chi connectivity index (χ2v) is 6.67. The van der Waals surface area contributed by atoms with Gasteiger partial charge in [-0.25, -0.2) is 5.43 Å². The van der Waals surface area contributed by atoms with Crippen LogP contribution in [0.25, 0.3) is 10.1 Å². The number of nitrogens with zero attached hydrogens (tertiary/aromatic N) is 2. The molecule has 1 N–H and O–H groups in total. The molecule has 0 aliphatic heterocycles. The molecular weight excluding hydrogens is 378 g/mol. The predicted molar refractivity (Wildman–Crippen MR) is 102 cm³/mol. The van der Waals surface area contributed by atoms with Gasteiger partial charge >= 0.3 is 0 Å². The fourth-order valence-electron chi connectivity index (χ4n) is 2.24. The van der Waals surface area contributed by atoms with Crippen LogP contribution < -0.4 is 10.2 Å². The molecule has 132 valence electrons. The smallest absolute Gasteiger partial charge is 0.281 e. The van der Waals surface area contributed by atoms with Crippen LogP contribution in [0.5, 0.6) is 5.75 Å². The van der Waals surface area contributed by atoms with E-state index < -0.39 is 10.8 Å². The molecule has 0 saturated carbocycles. The number of hydrogen-bond acceptors (Lipinski definition) is 6. The van der Waals surface area contributed by atoms with Crippen molar-refractivity contribution in [1.82, 2.24) is 5.43 Å². The van der Waals surface area contributed by atoms with Gasteiger partial charge in [0.2, 0.25) is 0 Å². The highest BCUT2D eigenvalue weighted by molar-refractivity contribution is 7.20. The summed E-state index contributed by atoms with van der Waals surface area (Å²) in [4.78, 5) is 23.0. The summed E-state index contributed by atoms with van der Waals surface area (Å²) in [5.74, 6) is 0.150. The zero-order chi connectivity index (χ0) is 18.7. The Morgan fingerprint density at radius 3 is 2.81 bits per heavy atom. The normalized spacial score (nSPS) is 11.0. The second kappa shape index (κ2) is 7.51. The Hall–Kier alpha value is -2.97. The molecule has 1 aromatic heterocycles. The maximum Gasteiger partial charge on any atom is 0.281 e. The predicted octanol–water partition coefficient (Wildman–Crippen LogP) is 4.24. The Balaban J connectivity index is 1.72. The van der Waals surface area contributed by atoms with Crippen molar-refractivity contribution in [3.05, 3.63) is 68.0 Å². The SMILES string of the molecule is COc1ccc(C=NNC(=O)c2cc3cc([N+](=O)[O-])ccc3s2)cc1Cl. The molecule has 0 spiro atoms. The van der Waals surface area contributed by atoms with Gasteiger partial charge in [-0.2, -0.15) is 5.10 Å². The van der Waals surface area contributed by atoms with E-state index in [1.165, 1.54) is 36.8 Å². The van der Waals surface area contributed by atoms with Gasteiger partial charge in [-0.3, -0.25) is 14.9 Å². The van der Waals surface area contributed by atoms with Crippen LogP contribution >= 0.6 is 22.9 Å². The molecule has 7 nitrogen and oxygen atoms in total. The topological polar surface area (TPSA) is 93.8 Å². The first kappa shape index (κ1) is 17.8. The first-order valence-corrected chi connectivity index (χ1v) is 8.52.